The Morgan fingerprint density at radius 1 is 1.11 bits per heavy atom. The summed E-state index contributed by atoms with van der Waals surface area (Å²) < 4.78 is 1.25. The van der Waals surface area contributed by atoms with E-state index in [1.54, 1.807) is 0 Å². The maximum Gasteiger partial charge on any atom is 0.268 e. The van der Waals surface area contributed by atoms with Crippen LogP contribution in [0.25, 0.3) is 11.4 Å². The van der Waals surface area contributed by atoms with Gasteiger partial charge in [-0.15, -0.1) is 0 Å². The summed E-state index contributed by atoms with van der Waals surface area (Å²) in [7, 11) is 0. The fourth-order valence-electron chi connectivity index (χ4n) is 1.36. The molecule has 92 valence electrons. The van der Waals surface area contributed by atoms with E-state index in [1.165, 1.54) is 0 Å². The predicted octanol–water partition coefficient (Wildman–Crippen LogP) is 2.35. The summed E-state index contributed by atoms with van der Waals surface area (Å²) in [5, 5.41) is 0. The minimum atomic E-state index is -0.658. The lowest BCUT2D eigenvalue weighted by molar-refractivity contribution is 0.0995. The summed E-state index contributed by atoms with van der Waals surface area (Å²) in [5.74, 6) is -0.122. The molecule has 1 aromatic carbocycles. The van der Waals surface area contributed by atoms with E-state index in [0.29, 0.717) is 10.3 Å². The highest BCUT2D eigenvalue weighted by molar-refractivity contribution is 9.11. The van der Waals surface area contributed by atoms with Gasteiger partial charge in [0, 0.05) is 10.0 Å². The van der Waals surface area contributed by atoms with Crippen molar-refractivity contribution in [3.8, 4) is 11.4 Å². The van der Waals surface area contributed by atoms with Gasteiger partial charge in [-0.1, -0.05) is 28.1 Å². The highest BCUT2D eigenvalue weighted by Crippen LogP contribution is 2.25. The number of amides is 1. The Bertz CT molecular complexity index is 613. The molecular formula is C11H8Br2N4O. The van der Waals surface area contributed by atoms with Gasteiger partial charge < -0.3 is 11.5 Å². The Morgan fingerprint density at radius 3 is 2.28 bits per heavy atom. The molecule has 0 spiro atoms. The van der Waals surface area contributed by atoms with Crippen molar-refractivity contribution in [1.29, 1.82) is 0 Å². The topological polar surface area (TPSA) is 94.9 Å². The second kappa shape index (κ2) is 5.03. The minimum absolute atomic E-state index is 0.0698. The Labute approximate surface area is 120 Å². The molecule has 5 nitrogen and oxygen atoms in total. The van der Waals surface area contributed by atoms with Crippen LogP contribution in [0.5, 0.6) is 0 Å². The molecule has 0 aliphatic carbocycles. The third kappa shape index (κ3) is 2.51. The molecule has 0 atom stereocenters. The summed E-state index contributed by atoms with van der Waals surface area (Å²) in [6.07, 6.45) is 0. The Balaban J connectivity index is 2.59. The SMILES string of the molecule is NC(=O)c1nc(-c2ccc(Br)cc2)nc(N)c1Br. The molecule has 2 aromatic rings. The summed E-state index contributed by atoms with van der Waals surface area (Å²) in [4.78, 5) is 19.5. The molecule has 2 rings (SSSR count). The number of carbonyl (C=O) groups is 1. The molecule has 0 aliphatic heterocycles. The third-order valence-electron chi connectivity index (χ3n) is 2.21. The predicted molar refractivity (Wildman–Crippen MR) is 75.8 cm³/mol. The Kier molecular flexibility index (Phi) is 3.63. The van der Waals surface area contributed by atoms with Gasteiger partial charge in [0.05, 0.1) is 4.47 Å². The van der Waals surface area contributed by atoms with E-state index in [0.717, 1.165) is 10.0 Å². The van der Waals surface area contributed by atoms with E-state index in [1.807, 2.05) is 24.3 Å². The highest BCUT2D eigenvalue weighted by atomic mass is 79.9. The zero-order chi connectivity index (χ0) is 13.3. The third-order valence-corrected chi connectivity index (χ3v) is 3.52. The molecule has 0 radical (unpaired) electrons. The number of primary amides is 1. The molecular weight excluding hydrogens is 364 g/mol. The first-order chi connectivity index (χ1) is 8.49. The van der Waals surface area contributed by atoms with Crippen LogP contribution in [-0.4, -0.2) is 15.9 Å². The molecule has 18 heavy (non-hydrogen) atoms. The second-order valence-electron chi connectivity index (χ2n) is 3.47. The Hall–Kier alpha value is -1.47. The average Bonchev–Trinajstić information content (AvgIpc) is 2.33. The quantitative estimate of drug-likeness (QED) is 0.846. The summed E-state index contributed by atoms with van der Waals surface area (Å²) in [5.41, 5.74) is 11.8. The molecule has 7 heteroatoms. The monoisotopic (exact) mass is 370 g/mol. The van der Waals surface area contributed by atoms with Gasteiger partial charge in [-0.2, -0.15) is 0 Å². The molecule has 1 heterocycles. The summed E-state index contributed by atoms with van der Waals surface area (Å²) in [6, 6.07) is 7.33. The van der Waals surface area contributed by atoms with Gasteiger partial charge in [0.1, 0.15) is 11.5 Å². The number of anilines is 1. The van der Waals surface area contributed by atoms with E-state index in [9.17, 15) is 4.79 Å². The molecule has 0 saturated heterocycles. The van der Waals surface area contributed by atoms with Crippen LogP contribution in [0.15, 0.2) is 33.2 Å². The van der Waals surface area contributed by atoms with Crippen LogP contribution in [0, 0.1) is 0 Å². The first kappa shape index (κ1) is 13.0. The zero-order valence-corrected chi connectivity index (χ0v) is 12.2. The van der Waals surface area contributed by atoms with Crippen LogP contribution in [0.4, 0.5) is 5.82 Å². The maximum absolute atomic E-state index is 11.3. The van der Waals surface area contributed by atoms with Crippen LogP contribution in [-0.2, 0) is 0 Å². The van der Waals surface area contributed by atoms with Gasteiger partial charge in [0.25, 0.3) is 5.91 Å². The van der Waals surface area contributed by atoms with E-state index in [4.69, 9.17) is 11.5 Å². The van der Waals surface area contributed by atoms with E-state index < -0.39 is 5.91 Å². The van der Waals surface area contributed by atoms with Crippen LogP contribution in [0.2, 0.25) is 0 Å². The molecule has 0 saturated carbocycles. The lowest BCUT2D eigenvalue weighted by Gasteiger charge is -2.06. The van der Waals surface area contributed by atoms with Crippen LogP contribution >= 0.6 is 31.9 Å². The van der Waals surface area contributed by atoms with Crippen LogP contribution in [0.3, 0.4) is 0 Å². The standard InChI is InChI=1S/C11H8Br2N4O/c12-6-3-1-5(2-4-6)11-16-8(10(15)18)7(13)9(14)17-11/h1-4H,(H2,15,18)(H2,14,16,17). The number of hydrogen-bond acceptors (Lipinski definition) is 4. The lowest BCUT2D eigenvalue weighted by Crippen LogP contribution is -2.16. The maximum atomic E-state index is 11.3. The van der Waals surface area contributed by atoms with Crippen LogP contribution < -0.4 is 11.5 Å². The number of nitrogens with zero attached hydrogens (tertiary/aromatic N) is 2. The summed E-state index contributed by atoms with van der Waals surface area (Å²) in [6.45, 7) is 0. The van der Waals surface area contributed by atoms with Crippen LogP contribution in [0.1, 0.15) is 10.5 Å². The summed E-state index contributed by atoms with van der Waals surface area (Å²) >= 11 is 6.48. The fourth-order valence-corrected chi connectivity index (χ4v) is 1.99. The van der Waals surface area contributed by atoms with Crippen molar-refractivity contribution in [3.63, 3.8) is 0 Å². The molecule has 0 unspecified atom stereocenters. The van der Waals surface area contributed by atoms with Gasteiger partial charge in [-0.05, 0) is 28.1 Å². The number of benzene rings is 1. The van der Waals surface area contributed by atoms with Gasteiger partial charge in [0.2, 0.25) is 0 Å². The number of aromatic nitrogens is 2. The first-order valence-electron chi connectivity index (χ1n) is 4.88. The van der Waals surface area contributed by atoms with Crippen molar-refractivity contribution in [3.05, 3.63) is 38.9 Å². The average molecular weight is 372 g/mol. The number of hydrogen-bond donors (Lipinski definition) is 2. The number of halogens is 2. The molecule has 0 aliphatic rings. The molecule has 1 aromatic heterocycles. The largest absolute Gasteiger partial charge is 0.383 e. The van der Waals surface area contributed by atoms with E-state index in [2.05, 4.69) is 41.8 Å². The molecule has 0 bridgehead atoms. The second-order valence-corrected chi connectivity index (χ2v) is 5.17. The smallest absolute Gasteiger partial charge is 0.268 e. The first-order valence-corrected chi connectivity index (χ1v) is 6.46. The number of nitrogens with two attached hydrogens (primary N) is 2. The fraction of sp³-hybridized carbons (Fsp3) is 0. The number of carbonyl (C=O) groups excluding carboxylic acids is 1. The van der Waals surface area contributed by atoms with E-state index >= 15 is 0 Å². The minimum Gasteiger partial charge on any atom is -0.383 e. The van der Waals surface area contributed by atoms with Crippen molar-refractivity contribution in [2.24, 2.45) is 5.73 Å². The number of rotatable bonds is 2. The normalized spacial score (nSPS) is 10.3. The zero-order valence-electron chi connectivity index (χ0n) is 9.02. The van der Waals surface area contributed by atoms with Crippen molar-refractivity contribution in [2.75, 3.05) is 5.73 Å². The Morgan fingerprint density at radius 2 is 1.72 bits per heavy atom. The van der Waals surface area contributed by atoms with E-state index in [-0.39, 0.29) is 11.5 Å². The van der Waals surface area contributed by atoms with Crippen molar-refractivity contribution in [2.45, 2.75) is 0 Å². The van der Waals surface area contributed by atoms with Crippen molar-refractivity contribution < 1.29 is 4.79 Å². The molecule has 4 N–H and O–H groups in total. The van der Waals surface area contributed by atoms with Gasteiger partial charge in [0.15, 0.2) is 5.82 Å². The highest BCUT2D eigenvalue weighted by Gasteiger charge is 2.15. The van der Waals surface area contributed by atoms with Crippen molar-refractivity contribution in [1.82, 2.24) is 9.97 Å². The molecule has 0 fully saturated rings. The van der Waals surface area contributed by atoms with Gasteiger partial charge in [-0.3, -0.25) is 4.79 Å². The van der Waals surface area contributed by atoms with Gasteiger partial charge >= 0.3 is 0 Å². The van der Waals surface area contributed by atoms with Crippen molar-refractivity contribution >= 4 is 43.6 Å². The number of nitrogen functional groups attached to an aromatic ring is 1. The lowest BCUT2D eigenvalue weighted by atomic mass is 10.2. The molecule has 1 amide bonds. The van der Waals surface area contributed by atoms with Gasteiger partial charge in [-0.25, -0.2) is 9.97 Å².